The average Bonchev–Trinajstić information content (AvgIpc) is 3.33. The first-order valence-corrected chi connectivity index (χ1v) is 20.5. The first-order valence-electron chi connectivity index (χ1n) is 20.5. The summed E-state index contributed by atoms with van der Waals surface area (Å²) in [4.78, 5) is 65.5. The fraction of sp³-hybridized carbons (Fsp3) is 0.841. The van der Waals surface area contributed by atoms with E-state index in [4.69, 9.17) is 9.47 Å². The number of carboxylic acid groups (broad SMARTS) is 1. The van der Waals surface area contributed by atoms with E-state index in [2.05, 4.69) is 53.8 Å². The van der Waals surface area contributed by atoms with Gasteiger partial charge in [-0.25, -0.2) is 4.79 Å². The molecule has 0 aliphatic heterocycles. The molecule has 0 aromatic rings. The number of amides is 1. The van der Waals surface area contributed by atoms with Crippen molar-refractivity contribution in [3.63, 3.8) is 0 Å². The predicted octanol–water partition coefficient (Wildman–Crippen LogP) is 9.25. The van der Waals surface area contributed by atoms with Gasteiger partial charge < -0.3 is 19.9 Å². The molecule has 4 fully saturated rings. The van der Waals surface area contributed by atoms with Gasteiger partial charge in [0.05, 0.1) is 17.3 Å². The van der Waals surface area contributed by atoms with Gasteiger partial charge in [0.1, 0.15) is 17.5 Å². The summed E-state index contributed by atoms with van der Waals surface area (Å²) in [6.07, 6.45) is 7.52. The summed E-state index contributed by atoms with van der Waals surface area (Å²) in [5, 5.41) is 12.4. The molecular formula is C44H69NO8. The zero-order chi connectivity index (χ0) is 39.7. The molecule has 0 saturated heterocycles. The standard InChI is InChI=1S/C44H69NO8/c1-26(2)34-28(46)24-44(31(47)14-13-23-45-37(51)53-38(3,4)5)22-21-42(11)27(35(34)44)15-16-30-41(10)19-18-32(52-33(48)25-39(6,7)36(49)50)40(8,9)29(41)17-20-43(30,42)12/h26-27,29-30,32H,13-25H2,1-12H3,(H,45,51)(H,49,50)/t27-,29+,30-,32+,41+,42-,43-,44+/m1/s1. The molecule has 2 N–H and O–H groups in total. The summed E-state index contributed by atoms with van der Waals surface area (Å²) in [6.45, 7) is 25.1. The van der Waals surface area contributed by atoms with Gasteiger partial charge in [0.25, 0.3) is 0 Å². The number of ether oxygens (including phenoxy) is 2. The quantitative estimate of drug-likeness (QED) is 0.167. The number of hydrogen-bond donors (Lipinski definition) is 2. The summed E-state index contributed by atoms with van der Waals surface area (Å²) in [5.74, 6) is -0.167. The highest BCUT2D eigenvalue weighted by Gasteiger charge is 2.71. The minimum absolute atomic E-state index is 0.000454. The minimum atomic E-state index is -1.18. The van der Waals surface area contributed by atoms with Crippen LogP contribution in [-0.2, 0) is 28.7 Å². The molecular weight excluding hydrogens is 670 g/mol. The molecule has 0 aromatic heterocycles. The Labute approximate surface area is 318 Å². The molecule has 0 unspecified atom stereocenters. The van der Waals surface area contributed by atoms with Gasteiger partial charge in [0.15, 0.2) is 5.78 Å². The fourth-order valence-corrected chi connectivity index (χ4v) is 12.8. The number of carbonyl (C=O) groups excluding carboxylic acids is 4. The smallest absolute Gasteiger partial charge is 0.407 e. The second-order valence-corrected chi connectivity index (χ2v) is 20.9. The van der Waals surface area contributed by atoms with E-state index in [-0.39, 0.29) is 64.0 Å². The third kappa shape index (κ3) is 6.91. The van der Waals surface area contributed by atoms with E-state index in [1.54, 1.807) is 13.8 Å². The molecule has 5 aliphatic rings. The lowest BCUT2D eigenvalue weighted by Gasteiger charge is -2.72. The van der Waals surface area contributed by atoms with Gasteiger partial charge in [0, 0.05) is 24.8 Å². The summed E-state index contributed by atoms with van der Waals surface area (Å²) >= 11 is 0. The summed E-state index contributed by atoms with van der Waals surface area (Å²) in [6, 6.07) is 0. The molecule has 9 heteroatoms. The van der Waals surface area contributed by atoms with E-state index in [1.165, 1.54) is 0 Å². The number of esters is 1. The maximum Gasteiger partial charge on any atom is 0.407 e. The van der Waals surface area contributed by atoms with Gasteiger partial charge in [-0.05, 0) is 143 Å². The Bertz CT molecular complexity index is 1550. The summed E-state index contributed by atoms with van der Waals surface area (Å²) < 4.78 is 11.5. The predicted molar refractivity (Wildman–Crippen MR) is 204 cm³/mol. The number of aliphatic carboxylic acids is 1. The molecule has 1 amide bonds. The number of hydrogen-bond acceptors (Lipinski definition) is 7. The number of carbonyl (C=O) groups is 5. The van der Waals surface area contributed by atoms with Crippen LogP contribution in [0.2, 0.25) is 0 Å². The van der Waals surface area contributed by atoms with Crippen LogP contribution in [0.5, 0.6) is 0 Å². The number of alkyl carbamates (subject to hydrolysis) is 1. The van der Waals surface area contributed by atoms with Crippen LogP contribution >= 0.6 is 0 Å². The molecule has 4 saturated carbocycles. The van der Waals surface area contributed by atoms with Crippen molar-refractivity contribution in [1.29, 1.82) is 0 Å². The molecule has 5 aliphatic carbocycles. The molecule has 53 heavy (non-hydrogen) atoms. The summed E-state index contributed by atoms with van der Waals surface area (Å²) in [5.41, 5.74) is -0.795. The lowest BCUT2D eigenvalue weighted by Crippen LogP contribution is -2.66. The van der Waals surface area contributed by atoms with Crippen molar-refractivity contribution in [3.8, 4) is 0 Å². The minimum Gasteiger partial charge on any atom is -0.481 e. The number of allylic oxidation sites excluding steroid dienone is 2. The van der Waals surface area contributed by atoms with E-state index >= 15 is 0 Å². The van der Waals surface area contributed by atoms with Crippen LogP contribution in [0.3, 0.4) is 0 Å². The van der Waals surface area contributed by atoms with E-state index in [1.807, 2.05) is 20.8 Å². The van der Waals surface area contributed by atoms with Gasteiger partial charge in [-0.3, -0.25) is 19.2 Å². The Morgan fingerprint density at radius 3 is 2.13 bits per heavy atom. The van der Waals surface area contributed by atoms with Crippen molar-refractivity contribution in [1.82, 2.24) is 5.32 Å². The van der Waals surface area contributed by atoms with Gasteiger partial charge in [0.2, 0.25) is 0 Å². The topological polar surface area (TPSA) is 136 Å². The molecule has 5 rings (SSSR count). The Morgan fingerprint density at radius 1 is 0.868 bits per heavy atom. The normalized spacial score (nSPS) is 36.5. The largest absolute Gasteiger partial charge is 0.481 e. The Balaban J connectivity index is 1.38. The van der Waals surface area contributed by atoms with E-state index < -0.39 is 34.5 Å². The van der Waals surface area contributed by atoms with Crippen molar-refractivity contribution in [2.45, 2.75) is 172 Å². The third-order valence-corrected chi connectivity index (χ3v) is 15.6. The van der Waals surface area contributed by atoms with Crippen molar-refractivity contribution < 1.29 is 38.6 Å². The maximum atomic E-state index is 14.5. The fourth-order valence-electron chi connectivity index (χ4n) is 12.8. The number of ketones is 2. The molecule has 0 spiro atoms. The maximum absolute atomic E-state index is 14.5. The van der Waals surface area contributed by atoms with Crippen molar-refractivity contribution in [2.75, 3.05) is 6.54 Å². The van der Waals surface area contributed by atoms with Gasteiger partial charge in [-0.1, -0.05) is 48.5 Å². The Kier molecular flexibility index (Phi) is 10.8. The van der Waals surface area contributed by atoms with Crippen LogP contribution < -0.4 is 5.32 Å². The molecule has 298 valence electrons. The lowest BCUT2D eigenvalue weighted by molar-refractivity contribution is -0.233. The first-order chi connectivity index (χ1) is 24.3. The lowest BCUT2D eigenvalue weighted by atomic mass is 9.33. The molecule has 8 atom stereocenters. The Hall–Kier alpha value is -2.71. The SMILES string of the molecule is CC(C)C1=C2[C@H]3CC[C@@H]4[C@@]5(C)CC[C@H](OC(=O)CC(C)(C)C(=O)O)C(C)(C)[C@@H]5CC[C@@]4(C)[C@]3(C)CC[C@@]2(C(=O)CCCNC(=O)OC(C)(C)C)CC1=O. The third-order valence-electron chi connectivity index (χ3n) is 15.6. The van der Waals surface area contributed by atoms with E-state index in [0.29, 0.717) is 37.6 Å². The molecule has 0 bridgehead atoms. The number of rotatable bonds is 10. The second kappa shape index (κ2) is 13.8. The van der Waals surface area contributed by atoms with E-state index in [0.717, 1.165) is 56.1 Å². The average molecular weight is 740 g/mol. The number of nitrogens with one attached hydrogen (secondary N) is 1. The van der Waals surface area contributed by atoms with Crippen LogP contribution in [-0.4, -0.2) is 53.0 Å². The zero-order valence-corrected chi connectivity index (χ0v) is 34.9. The molecule has 0 radical (unpaired) electrons. The van der Waals surface area contributed by atoms with Crippen LogP contribution in [0, 0.1) is 56.2 Å². The molecule has 9 nitrogen and oxygen atoms in total. The van der Waals surface area contributed by atoms with Gasteiger partial charge >= 0.3 is 18.0 Å². The van der Waals surface area contributed by atoms with Crippen molar-refractivity contribution in [2.24, 2.45) is 56.2 Å². The first kappa shape index (κ1) is 41.5. The number of Topliss-reactive ketones (excluding diaryl/α,β-unsaturated/α-hetero) is 2. The summed E-state index contributed by atoms with van der Waals surface area (Å²) in [7, 11) is 0. The second-order valence-electron chi connectivity index (χ2n) is 20.9. The van der Waals surface area contributed by atoms with Crippen molar-refractivity contribution >= 4 is 29.6 Å². The van der Waals surface area contributed by atoms with Crippen LogP contribution in [0.1, 0.15) is 160 Å². The van der Waals surface area contributed by atoms with Crippen LogP contribution in [0.25, 0.3) is 0 Å². The monoisotopic (exact) mass is 740 g/mol. The highest BCUT2D eigenvalue weighted by atomic mass is 16.6. The van der Waals surface area contributed by atoms with Crippen LogP contribution in [0.4, 0.5) is 4.79 Å². The van der Waals surface area contributed by atoms with Gasteiger partial charge in [-0.2, -0.15) is 0 Å². The highest BCUT2D eigenvalue weighted by Crippen LogP contribution is 2.77. The van der Waals surface area contributed by atoms with Crippen LogP contribution in [0.15, 0.2) is 11.1 Å². The van der Waals surface area contributed by atoms with E-state index in [9.17, 15) is 29.1 Å². The number of carboxylic acids is 1. The molecule has 0 heterocycles. The zero-order valence-electron chi connectivity index (χ0n) is 34.9. The molecule has 0 aromatic carbocycles. The Morgan fingerprint density at radius 2 is 1.53 bits per heavy atom. The van der Waals surface area contributed by atoms with Crippen molar-refractivity contribution in [3.05, 3.63) is 11.1 Å². The van der Waals surface area contributed by atoms with Gasteiger partial charge in [-0.15, -0.1) is 0 Å². The highest BCUT2D eigenvalue weighted by molar-refractivity contribution is 6.07. The number of fused-ring (bicyclic) bond motifs is 7.